The zero-order chi connectivity index (χ0) is 15.5. The largest absolute Gasteiger partial charge is 0.350 e. The first-order valence-corrected chi connectivity index (χ1v) is 8.43. The van der Waals surface area contributed by atoms with Gasteiger partial charge in [-0.15, -0.1) is 0 Å². The lowest BCUT2D eigenvalue weighted by molar-refractivity contribution is 0.249. The number of hydrogen-bond acceptors (Lipinski definition) is 2. The second kappa shape index (κ2) is 6.51. The van der Waals surface area contributed by atoms with Crippen molar-refractivity contribution in [2.24, 2.45) is 16.8 Å². The van der Waals surface area contributed by atoms with E-state index in [9.17, 15) is 4.79 Å². The number of benzene rings is 1. The molecule has 0 bridgehead atoms. The molecule has 4 nitrogen and oxygen atoms in total. The van der Waals surface area contributed by atoms with E-state index in [1.807, 2.05) is 0 Å². The minimum atomic E-state index is -0.584. The molecule has 0 heterocycles. The Labute approximate surface area is 132 Å². The number of nitrogens with two attached hydrogens (primary N) is 1. The number of primary amides is 1. The van der Waals surface area contributed by atoms with Crippen molar-refractivity contribution >= 4 is 11.7 Å². The van der Waals surface area contributed by atoms with E-state index in [-0.39, 0.29) is 0 Å². The molecular formula is C18H25N3O. The van der Waals surface area contributed by atoms with Crippen molar-refractivity contribution in [3.8, 4) is 0 Å². The van der Waals surface area contributed by atoms with Gasteiger partial charge in [-0.05, 0) is 73.6 Å². The molecule has 0 aromatic heterocycles. The number of nitrogens with one attached hydrogen (secondary N) is 1. The van der Waals surface area contributed by atoms with Crippen molar-refractivity contribution in [1.29, 1.82) is 0 Å². The molecule has 0 aliphatic heterocycles. The highest BCUT2D eigenvalue weighted by Crippen LogP contribution is 2.34. The summed E-state index contributed by atoms with van der Waals surface area (Å²) in [5.74, 6) is 0.428. The third-order valence-corrected chi connectivity index (χ3v) is 5.10. The van der Waals surface area contributed by atoms with Crippen molar-refractivity contribution in [2.45, 2.75) is 58.3 Å². The molecule has 4 heteroatoms. The fraction of sp³-hybridized carbons (Fsp3) is 0.556. The van der Waals surface area contributed by atoms with Crippen molar-refractivity contribution in [3.05, 3.63) is 34.4 Å². The van der Waals surface area contributed by atoms with Gasteiger partial charge in [0, 0.05) is 11.6 Å². The van der Waals surface area contributed by atoms with E-state index < -0.39 is 6.03 Å². The van der Waals surface area contributed by atoms with E-state index in [2.05, 4.69) is 29.6 Å². The molecule has 3 rings (SSSR count). The van der Waals surface area contributed by atoms with Gasteiger partial charge in [0.05, 0.1) is 0 Å². The summed E-state index contributed by atoms with van der Waals surface area (Å²) in [6.07, 6.45) is 9.22. The SMILES string of the molecule is CC/C(=N\NC(N)=O)C1CCc2ccc3c(c2C1)CCCC3. The Kier molecular flexibility index (Phi) is 4.46. The number of carbonyl (C=O) groups is 1. The number of hydrazone groups is 1. The lowest BCUT2D eigenvalue weighted by Gasteiger charge is -2.30. The van der Waals surface area contributed by atoms with Crippen LogP contribution in [-0.2, 0) is 25.7 Å². The van der Waals surface area contributed by atoms with E-state index in [1.165, 1.54) is 31.2 Å². The number of nitrogens with zero attached hydrogens (tertiary/aromatic N) is 1. The number of amides is 2. The zero-order valence-corrected chi connectivity index (χ0v) is 13.3. The van der Waals surface area contributed by atoms with Crippen molar-refractivity contribution < 1.29 is 4.79 Å². The highest BCUT2D eigenvalue weighted by Gasteiger charge is 2.26. The summed E-state index contributed by atoms with van der Waals surface area (Å²) in [6, 6.07) is 4.09. The Morgan fingerprint density at radius 2 is 1.95 bits per heavy atom. The third-order valence-electron chi connectivity index (χ3n) is 5.10. The minimum absolute atomic E-state index is 0.428. The van der Waals surface area contributed by atoms with E-state index in [0.29, 0.717) is 5.92 Å². The Balaban J connectivity index is 1.86. The average molecular weight is 299 g/mol. The van der Waals surface area contributed by atoms with Gasteiger partial charge in [-0.1, -0.05) is 19.1 Å². The second-order valence-corrected chi connectivity index (χ2v) is 6.42. The van der Waals surface area contributed by atoms with Crippen LogP contribution in [-0.4, -0.2) is 11.7 Å². The molecule has 22 heavy (non-hydrogen) atoms. The van der Waals surface area contributed by atoms with E-state index in [0.717, 1.165) is 31.4 Å². The van der Waals surface area contributed by atoms with Crippen LogP contribution in [0.15, 0.2) is 17.2 Å². The first-order chi connectivity index (χ1) is 10.7. The maximum atomic E-state index is 10.9. The summed E-state index contributed by atoms with van der Waals surface area (Å²) >= 11 is 0. The van der Waals surface area contributed by atoms with Crippen LogP contribution in [0.1, 0.15) is 54.9 Å². The number of urea groups is 1. The quantitative estimate of drug-likeness (QED) is 0.653. The fourth-order valence-corrected chi connectivity index (χ4v) is 3.99. The van der Waals surface area contributed by atoms with Gasteiger partial charge in [0.1, 0.15) is 0 Å². The molecule has 1 aromatic rings. The van der Waals surface area contributed by atoms with E-state index in [1.54, 1.807) is 16.7 Å². The van der Waals surface area contributed by atoms with Crippen molar-refractivity contribution in [1.82, 2.24) is 5.43 Å². The summed E-state index contributed by atoms with van der Waals surface area (Å²) in [7, 11) is 0. The van der Waals surface area contributed by atoms with Gasteiger partial charge in [-0.25, -0.2) is 10.2 Å². The minimum Gasteiger partial charge on any atom is -0.350 e. The lowest BCUT2D eigenvalue weighted by Crippen LogP contribution is -2.30. The van der Waals surface area contributed by atoms with Crippen LogP contribution in [0.3, 0.4) is 0 Å². The van der Waals surface area contributed by atoms with Gasteiger partial charge in [0.2, 0.25) is 0 Å². The molecule has 0 spiro atoms. The van der Waals surface area contributed by atoms with Gasteiger partial charge >= 0.3 is 6.03 Å². The van der Waals surface area contributed by atoms with E-state index in [4.69, 9.17) is 5.73 Å². The Bertz CT molecular complexity index is 607. The van der Waals surface area contributed by atoms with Gasteiger partial charge in [0.25, 0.3) is 0 Å². The predicted octanol–water partition coefficient (Wildman–Crippen LogP) is 3.10. The number of carbonyl (C=O) groups excluding carboxylic acids is 1. The summed E-state index contributed by atoms with van der Waals surface area (Å²) in [4.78, 5) is 10.9. The molecule has 0 saturated carbocycles. The molecule has 2 aliphatic carbocycles. The summed E-state index contributed by atoms with van der Waals surface area (Å²) in [5.41, 5.74) is 14.9. The maximum Gasteiger partial charge on any atom is 0.332 e. The molecule has 0 fully saturated rings. The molecule has 1 aromatic carbocycles. The van der Waals surface area contributed by atoms with Gasteiger partial charge in [0.15, 0.2) is 0 Å². The summed E-state index contributed by atoms with van der Waals surface area (Å²) in [5, 5.41) is 4.24. The highest BCUT2D eigenvalue weighted by molar-refractivity contribution is 5.88. The van der Waals surface area contributed by atoms with Gasteiger partial charge in [-0.2, -0.15) is 5.10 Å². The van der Waals surface area contributed by atoms with Gasteiger partial charge < -0.3 is 5.73 Å². The van der Waals surface area contributed by atoms with Crippen LogP contribution in [0.4, 0.5) is 4.79 Å². The van der Waals surface area contributed by atoms with Crippen LogP contribution in [0, 0.1) is 5.92 Å². The number of rotatable bonds is 3. The third kappa shape index (κ3) is 3.01. The molecule has 1 atom stereocenters. The Morgan fingerprint density at radius 3 is 2.68 bits per heavy atom. The molecule has 1 unspecified atom stereocenters. The first kappa shape index (κ1) is 15.1. The molecule has 118 valence electrons. The summed E-state index contributed by atoms with van der Waals surface area (Å²) in [6.45, 7) is 2.09. The van der Waals surface area contributed by atoms with Gasteiger partial charge in [-0.3, -0.25) is 0 Å². The Hall–Kier alpha value is -1.84. The number of fused-ring (bicyclic) bond motifs is 3. The molecule has 0 radical (unpaired) electrons. The molecule has 2 amide bonds. The highest BCUT2D eigenvalue weighted by atomic mass is 16.2. The number of hydrogen-bond donors (Lipinski definition) is 2. The number of aryl methyl sites for hydroxylation is 2. The van der Waals surface area contributed by atoms with Crippen molar-refractivity contribution in [3.63, 3.8) is 0 Å². The zero-order valence-electron chi connectivity index (χ0n) is 13.3. The molecule has 0 saturated heterocycles. The second-order valence-electron chi connectivity index (χ2n) is 6.42. The van der Waals surface area contributed by atoms with Crippen LogP contribution in [0.25, 0.3) is 0 Å². The summed E-state index contributed by atoms with van der Waals surface area (Å²) < 4.78 is 0. The van der Waals surface area contributed by atoms with Crippen molar-refractivity contribution in [2.75, 3.05) is 0 Å². The maximum absolute atomic E-state index is 10.9. The monoisotopic (exact) mass is 299 g/mol. The molecule has 2 aliphatic rings. The standard InChI is InChI=1S/C18H25N3O/c1-2-17(20-21-18(19)22)14-10-9-13-8-7-12-5-3-4-6-15(12)16(13)11-14/h7-8,14H,2-6,9-11H2,1H3,(H3,19,21,22)/b20-17+. The van der Waals surface area contributed by atoms with E-state index >= 15 is 0 Å². The smallest absolute Gasteiger partial charge is 0.332 e. The average Bonchev–Trinajstić information content (AvgIpc) is 2.55. The lowest BCUT2D eigenvalue weighted by atomic mass is 9.75. The van der Waals surface area contributed by atoms with Crippen LogP contribution in [0.2, 0.25) is 0 Å². The fourth-order valence-electron chi connectivity index (χ4n) is 3.99. The van der Waals surface area contributed by atoms with Crippen LogP contribution >= 0.6 is 0 Å². The predicted molar refractivity (Wildman–Crippen MR) is 89.0 cm³/mol. The molecular weight excluding hydrogens is 274 g/mol. The normalized spacial score (nSPS) is 21.0. The Morgan fingerprint density at radius 1 is 1.23 bits per heavy atom. The van der Waals surface area contributed by atoms with Crippen LogP contribution in [0.5, 0.6) is 0 Å². The molecule has 3 N–H and O–H groups in total. The topological polar surface area (TPSA) is 67.5 Å². The first-order valence-electron chi connectivity index (χ1n) is 8.43. The van der Waals surface area contributed by atoms with Crippen LogP contribution < -0.4 is 11.2 Å².